The van der Waals surface area contributed by atoms with Crippen LogP contribution < -0.4 is 0 Å². The molecule has 0 aliphatic carbocycles. The molecule has 0 saturated heterocycles. The highest BCUT2D eigenvalue weighted by atomic mass is 16.1. The van der Waals surface area contributed by atoms with Crippen LogP contribution in [0.5, 0.6) is 0 Å². The molecule has 0 aromatic carbocycles. The van der Waals surface area contributed by atoms with Crippen LogP contribution >= 0.6 is 0 Å². The molecule has 3 heteroatoms. The molecule has 0 aliphatic heterocycles. The van der Waals surface area contributed by atoms with Gasteiger partial charge in [0.05, 0.1) is 0 Å². The van der Waals surface area contributed by atoms with Gasteiger partial charge in [-0.05, 0) is 31.7 Å². The third kappa shape index (κ3) is 3.94. The summed E-state index contributed by atoms with van der Waals surface area (Å²) in [5.74, 6) is -0.147. The smallest absolute Gasteiger partial charge is 0.178 e. The summed E-state index contributed by atoms with van der Waals surface area (Å²) in [4.78, 5) is 25.5. The van der Waals surface area contributed by atoms with Crippen molar-refractivity contribution in [1.82, 2.24) is 0 Å². The van der Waals surface area contributed by atoms with Crippen LogP contribution in [-0.2, 0) is 9.59 Å². The highest BCUT2D eigenvalue weighted by Crippen LogP contribution is 2.05. The zero-order chi connectivity index (χ0) is 11.1. The summed E-state index contributed by atoms with van der Waals surface area (Å²) in [7, 11) is 0. The summed E-state index contributed by atoms with van der Waals surface area (Å²) in [6.45, 7) is 8.07. The lowest BCUT2D eigenvalue weighted by molar-refractivity contribution is -0.114. The Morgan fingerprint density at radius 3 is 2.07 bits per heavy atom. The van der Waals surface area contributed by atoms with Crippen LogP contribution in [0.25, 0.3) is 0 Å². The lowest BCUT2D eigenvalue weighted by Gasteiger charge is -1.96. The fourth-order valence-electron chi connectivity index (χ4n) is 0.945. The normalized spacial score (nSPS) is 12.5. The van der Waals surface area contributed by atoms with Crippen molar-refractivity contribution < 1.29 is 9.59 Å². The van der Waals surface area contributed by atoms with E-state index in [1.807, 2.05) is 6.92 Å². The van der Waals surface area contributed by atoms with Crippen molar-refractivity contribution in [1.29, 1.82) is 0 Å². The summed E-state index contributed by atoms with van der Waals surface area (Å²) in [6.07, 6.45) is 3.79. The molecule has 0 saturated carbocycles. The maximum absolute atomic E-state index is 11.0. The van der Waals surface area contributed by atoms with Crippen LogP contribution in [0.4, 0.5) is 0 Å². The molecule has 0 fully saturated rings. The van der Waals surface area contributed by atoms with Crippen LogP contribution in [0.15, 0.2) is 28.4 Å². The second-order valence-corrected chi connectivity index (χ2v) is 2.87. The molecule has 0 aromatic rings. The molecule has 76 valence electrons. The van der Waals surface area contributed by atoms with Gasteiger partial charge in [0.2, 0.25) is 0 Å². The summed E-state index contributed by atoms with van der Waals surface area (Å²) >= 11 is 0. The van der Waals surface area contributed by atoms with Gasteiger partial charge in [0.25, 0.3) is 0 Å². The Morgan fingerprint density at radius 1 is 1.21 bits per heavy atom. The molecular weight excluding hydrogens is 178 g/mol. The molecular formula is C11H15NO2. The van der Waals surface area contributed by atoms with Crippen molar-refractivity contribution in [2.45, 2.75) is 27.2 Å². The Bertz CT molecular complexity index is 311. The van der Waals surface area contributed by atoms with Crippen molar-refractivity contribution in [2.75, 3.05) is 0 Å². The van der Waals surface area contributed by atoms with Gasteiger partial charge in [0.15, 0.2) is 11.6 Å². The highest BCUT2D eigenvalue weighted by molar-refractivity contribution is 5.95. The van der Waals surface area contributed by atoms with E-state index in [2.05, 4.69) is 11.7 Å². The quantitative estimate of drug-likeness (QED) is 0.381. The average molecular weight is 193 g/mol. The number of hydrogen-bond donors (Lipinski definition) is 0. The molecule has 0 unspecified atom stereocenters. The van der Waals surface area contributed by atoms with Crippen LogP contribution in [0.3, 0.4) is 0 Å². The first-order valence-corrected chi connectivity index (χ1v) is 4.42. The minimum Gasteiger partial charge on any atom is -0.295 e. The predicted molar refractivity (Wildman–Crippen MR) is 57.4 cm³/mol. The molecule has 0 atom stereocenters. The van der Waals surface area contributed by atoms with Crippen molar-refractivity contribution in [3.63, 3.8) is 0 Å². The lowest BCUT2D eigenvalue weighted by Crippen LogP contribution is -1.96. The Hall–Kier alpha value is -1.51. The Labute approximate surface area is 84.2 Å². The molecule has 0 bridgehead atoms. The molecule has 0 radical (unpaired) electrons. The number of ketones is 2. The van der Waals surface area contributed by atoms with Gasteiger partial charge in [-0.2, -0.15) is 0 Å². The Kier molecular flexibility index (Phi) is 5.37. The Balaban J connectivity index is 4.88. The van der Waals surface area contributed by atoms with Gasteiger partial charge in [0, 0.05) is 6.92 Å². The molecule has 0 N–H and O–H groups in total. The number of aliphatic imine (C=N–C) groups is 1. The first kappa shape index (κ1) is 12.5. The maximum atomic E-state index is 11.0. The number of carbonyl (C=O) groups excluding carboxylic acids is 2. The predicted octanol–water partition coefficient (Wildman–Crippen LogP) is 2.09. The molecule has 0 spiro atoms. The van der Waals surface area contributed by atoms with Crippen LogP contribution in [0.1, 0.15) is 27.2 Å². The van der Waals surface area contributed by atoms with Crippen molar-refractivity contribution >= 4 is 18.3 Å². The first-order chi connectivity index (χ1) is 6.52. The zero-order valence-corrected chi connectivity index (χ0v) is 8.83. The monoisotopic (exact) mass is 193 g/mol. The SMILES string of the molecule is C=N/C(=C\C=C(/CC)C(C)=O)C(C)=O. The summed E-state index contributed by atoms with van der Waals surface area (Å²) in [5.41, 5.74) is 0.949. The zero-order valence-electron chi connectivity index (χ0n) is 8.83. The third-order valence-corrected chi connectivity index (χ3v) is 1.81. The van der Waals surface area contributed by atoms with E-state index in [1.54, 1.807) is 6.08 Å². The molecule has 0 rings (SSSR count). The van der Waals surface area contributed by atoms with Crippen molar-refractivity contribution in [2.24, 2.45) is 4.99 Å². The topological polar surface area (TPSA) is 46.5 Å². The average Bonchev–Trinajstić information content (AvgIpc) is 2.11. The van der Waals surface area contributed by atoms with Gasteiger partial charge in [-0.1, -0.05) is 13.0 Å². The number of carbonyl (C=O) groups is 2. The van der Waals surface area contributed by atoms with Crippen molar-refractivity contribution in [3.8, 4) is 0 Å². The molecule has 0 aliphatic rings. The van der Waals surface area contributed by atoms with Gasteiger partial charge >= 0.3 is 0 Å². The minimum atomic E-state index is -0.157. The molecule has 0 heterocycles. The molecule has 0 aromatic heterocycles. The lowest BCUT2D eigenvalue weighted by atomic mass is 10.1. The fraction of sp³-hybridized carbons (Fsp3) is 0.364. The van der Waals surface area contributed by atoms with E-state index in [1.165, 1.54) is 19.9 Å². The van der Waals surface area contributed by atoms with Gasteiger partial charge in [-0.15, -0.1) is 0 Å². The van der Waals surface area contributed by atoms with E-state index in [-0.39, 0.29) is 17.3 Å². The van der Waals surface area contributed by atoms with E-state index in [0.717, 1.165) is 0 Å². The number of hydrogen-bond acceptors (Lipinski definition) is 3. The first-order valence-electron chi connectivity index (χ1n) is 4.42. The number of nitrogens with zero attached hydrogens (tertiary/aromatic N) is 1. The molecule has 14 heavy (non-hydrogen) atoms. The van der Waals surface area contributed by atoms with Crippen LogP contribution in [0.2, 0.25) is 0 Å². The number of rotatable bonds is 5. The number of allylic oxidation sites excluding steroid dienone is 4. The molecule has 0 amide bonds. The second kappa shape index (κ2) is 6.02. The standard InChI is InChI=1S/C11H15NO2/c1-5-10(8(2)13)6-7-11(12-4)9(3)14/h6-7H,4-5H2,1-3H3/b10-6+,11-7-. The van der Waals surface area contributed by atoms with E-state index >= 15 is 0 Å². The highest BCUT2D eigenvalue weighted by Gasteiger charge is 2.01. The van der Waals surface area contributed by atoms with Crippen LogP contribution in [0, 0.1) is 0 Å². The maximum Gasteiger partial charge on any atom is 0.178 e. The second-order valence-electron chi connectivity index (χ2n) is 2.87. The van der Waals surface area contributed by atoms with E-state index < -0.39 is 0 Å². The van der Waals surface area contributed by atoms with Crippen molar-refractivity contribution in [3.05, 3.63) is 23.4 Å². The van der Waals surface area contributed by atoms with E-state index in [0.29, 0.717) is 12.0 Å². The number of Topliss-reactive ketones (excluding diaryl/α,β-unsaturated/α-hetero) is 2. The summed E-state index contributed by atoms with van der Waals surface area (Å²) in [5, 5.41) is 0. The Morgan fingerprint density at radius 2 is 1.79 bits per heavy atom. The van der Waals surface area contributed by atoms with Gasteiger partial charge in [-0.25, -0.2) is 0 Å². The summed E-state index contributed by atoms with van der Waals surface area (Å²) in [6, 6.07) is 0. The third-order valence-electron chi connectivity index (χ3n) is 1.81. The van der Waals surface area contributed by atoms with Gasteiger partial charge in [-0.3, -0.25) is 14.6 Å². The summed E-state index contributed by atoms with van der Waals surface area (Å²) < 4.78 is 0. The van der Waals surface area contributed by atoms with E-state index in [9.17, 15) is 9.59 Å². The van der Waals surface area contributed by atoms with Gasteiger partial charge < -0.3 is 0 Å². The fourth-order valence-corrected chi connectivity index (χ4v) is 0.945. The van der Waals surface area contributed by atoms with Crippen LogP contribution in [-0.4, -0.2) is 18.3 Å². The van der Waals surface area contributed by atoms with E-state index in [4.69, 9.17) is 0 Å². The molecule has 3 nitrogen and oxygen atoms in total. The minimum absolute atomic E-state index is 0.00992. The largest absolute Gasteiger partial charge is 0.295 e. The van der Waals surface area contributed by atoms with Gasteiger partial charge in [0.1, 0.15) is 5.70 Å².